The van der Waals surface area contributed by atoms with Crippen LogP contribution in [-0.2, 0) is 11.3 Å². The first-order chi connectivity index (χ1) is 12.2. The molecule has 1 spiro atoms. The van der Waals surface area contributed by atoms with Gasteiger partial charge in [0.2, 0.25) is 0 Å². The van der Waals surface area contributed by atoms with Crippen molar-refractivity contribution >= 4 is 11.3 Å². The summed E-state index contributed by atoms with van der Waals surface area (Å²) in [5, 5.41) is 3.41. The Morgan fingerprint density at radius 3 is 2.68 bits per heavy atom. The van der Waals surface area contributed by atoms with Gasteiger partial charge in [-0.2, -0.15) is 0 Å². The van der Waals surface area contributed by atoms with Crippen LogP contribution in [0, 0.1) is 24.2 Å². The molecular weight excluding hydrogens is 330 g/mol. The van der Waals surface area contributed by atoms with Crippen LogP contribution in [-0.4, -0.2) is 61.2 Å². The number of hydrogen-bond donors (Lipinski definition) is 0. The molecular formula is C20H33N3OS. The van der Waals surface area contributed by atoms with Crippen molar-refractivity contribution in [2.75, 3.05) is 46.4 Å². The van der Waals surface area contributed by atoms with Crippen molar-refractivity contribution in [3.05, 3.63) is 16.1 Å². The van der Waals surface area contributed by atoms with Gasteiger partial charge in [0.1, 0.15) is 0 Å². The molecule has 25 heavy (non-hydrogen) atoms. The normalized spacial score (nSPS) is 27.8. The molecule has 140 valence electrons. The third kappa shape index (κ3) is 3.95. The fourth-order valence-electron chi connectivity index (χ4n) is 5.19. The maximum Gasteiger partial charge on any atom is 0.0897 e. The Kier molecular flexibility index (Phi) is 5.46. The predicted molar refractivity (Wildman–Crippen MR) is 103 cm³/mol. The van der Waals surface area contributed by atoms with Gasteiger partial charge in [-0.3, -0.25) is 4.90 Å². The van der Waals surface area contributed by atoms with E-state index in [4.69, 9.17) is 4.74 Å². The highest BCUT2D eigenvalue weighted by Crippen LogP contribution is 2.45. The van der Waals surface area contributed by atoms with Crippen LogP contribution in [0.5, 0.6) is 0 Å². The topological polar surface area (TPSA) is 28.6 Å². The Morgan fingerprint density at radius 1 is 1.28 bits per heavy atom. The first-order valence-electron chi connectivity index (χ1n) is 10.0. The summed E-state index contributed by atoms with van der Waals surface area (Å²) in [6.45, 7) is 10.4. The second-order valence-electron chi connectivity index (χ2n) is 8.64. The van der Waals surface area contributed by atoms with Crippen LogP contribution in [0.2, 0.25) is 0 Å². The van der Waals surface area contributed by atoms with E-state index < -0.39 is 0 Å². The van der Waals surface area contributed by atoms with E-state index in [2.05, 4.69) is 27.1 Å². The second kappa shape index (κ2) is 7.63. The minimum atomic E-state index is 0.469. The molecule has 0 unspecified atom stereocenters. The summed E-state index contributed by atoms with van der Waals surface area (Å²) in [6, 6.07) is 0. The zero-order valence-electron chi connectivity index (χ0n) is 15.9. The molecule has 1 atom stereocenters. The van der Waals surface area contributed by atoms with Crippen LogP contribution in [0.15, 0.2) is 5.38 Å². The summed E-state index contributed by atoms with van der Waals surface area (Å²) in [7, 11) is 1.87. The average molecular weight is 364 g/mol. The van der Waals surface area contributed by atoms with Crippen molar-refractivity contribution < 1.29 is 4.74 Å². The summed E-state index contributed by atoms with van der Waals surface area (Å²) in [5.74, 6) is 1.68. The van der Waals surface area contributed by atoms with Gasteiger partial charge in [0.15, 0.2) is 0 Å². The van der Waals surface area contributed by atoms with Crippen LogP contribution >= 0.6 is 11.3 Å². The lowest BCUT2D eigenvalue weighted by Crippen LogP contribution is -2.46. The molecule has 2 saturated heterocycles. The van der Waals surface area contributed by atoms with Crippen molar-refractivity contribution in [2.24, 2.45) is 17.3 Å². The average Bonchev–Trinajstić information content (AvgIpc) is 3.10. The fraction of sp³-hybridized carbons (Fsp3) is 0.850. The summed E-state index contributed by atoms with van der Waals surface area (Å²) in [6.07, 6.45) is 7.09. The Hall–Kier alpha value is -0.490. The van der Waals surface area contributed by atoms with Crippen LogP contribution < -0.4 is 0 Å². The van der Waals surface area contributed by atoms with Crippen molar-refractivity contribution in [1.82, 2.24) is 14.8 Å². The number of thiazole rings is 1. The van der Waals surface area contributed by atoms with Crippen LogP contribution in [0.1, 0.15) is 42.8 Å². The smallest absolute Gasteiger partial charge is 0.0897 e. The van der Waals surface area contributed by atoms with E-state index in [1.54, 1.807) is 11.3 Å². The number of likely N-dealkylation sites (tertiary alicyclic amines) is 2. The molecule has 0 aromatic carbocycles. The number of piperidine rings is 1. The van der Waals surface area contributed by atoms with E-state index >= 15 is 0 Å². The molecule has 1 aromatic rings. The van der Waals surface area contributed by atoms with Crippen LogP contribution in [0.4, 0.5) is 0 Å². The number of nitrogens with zero attached hydrogens (tertiary/aromatic N) is 3. The molecule has 3 heterocycles. The van der Waals surface area contributed by atoms with E-state index in [0.29, 0.717) is 11.3 Å². The minimum Gasteiger partial charge on any atom is -0.384 e. The molecule has 4 nitrogen and oxygen atoms in total. The van der Waals surface area contributed by atoms with Gasteiger partial charge in [0.25, 0.3) is 0 Å². The monoisotopic (exact) mass is 363 g/mol. The lowest BCUT2D eigenvalue weighted by atomic mass is 9.71. The maximum absolute atomic E-state index is 5.62. The zero-order valence-corrected chi connectivity index (χ0v) is 16.7. The molecule has 1 aliphatic carbocycles. The minimum absolute atomic E-state index is 0.469. The van der Waals surface area contributed by atoms with Gasteiger partial charge < -0.3 is 9.64 Å². The van der Waals surface area contributed by atoms with Gasteiger partial charge >= 0.3 is 0 Å². The number of methoxy groups -OCH3 is 1. The van der Waals surface area contributed by atoms with Crippen molar-refractivity contribution in [2.45, 2.75) is 45.6 Å². The van der Waals surface area contributed by atoms with Crippen molar-refractivity contribution in [1.29, 1.82) is 0 Å². The first kappa shape index (κ1) is 17.9. The summed E-state index contributed by atoms with van der Waals surface area (Å²) < 4.78 is 5.62. The Labute approximate surface area is 156 Å². The van der Waals surface area contributed by atoms with E-state index in [-0.39, 0.29) is 0 Å². The third-order valence-corrected chi connectivity index (χ3v) is 7.72. The van der Waals surface area contributed by atoms with Gasteiger partial charge in [-0.15, -0.1) is 11.3 Å². The van der Waals surface area contributed by atoms with Crippen molar-refractivity contribution in [3.8, 4) is 0 Å². The molecule has 0 amide bonds. The zero-order chi connectivity index (χ0) is 17.3. The number of rotatable bonds is 6. The summed E-state index contributed by atoms with van der Waals surface area (Å²) >= 11 is 1.77. The highest BCUT2D eigenvalue weighted by Gasteiger charge is 2.47. The van der Waals surface area contributed by atoms with Gasteiger partial charge in [0.05, 0.1) is 17.3 Å². The predicted octanol–water partition coefficient (Wildman–Crippen LogP) is 3.41. The van der Waals surface area contributed by atoms with Gasteiger partial charge in [-0.1, -0.05) is 6.42 Å². The second-order valence-corrected chi connectivity index (χ2v) is 9.70. The SMILES string of the molecule is COC[C@H]1CN(Cc2csc(C)n2)CC12CCN(CC1CCC1)CC2. The first-order valence-corrected chi connectivity index (χ1v) is 10.9. The van der Waals surface area contributed by atoms with Gasteiger partial charge in [0, 0.05) is 44.6 Å². The molecule has 1 saturated carbocycles. The molecule has 0 bridgehead atoms. The van der Waals surface area contributed by atoms with E-state index in [0.717, 1.165) is 19.1 Å². The molecule has 0 radical (unpaired) electrons. The third-order valence-electron chi connectivity index (χ3n) is 6.90. The number of hydrogen-bond acceptors (Lipinski definition) is 5. The highest BCUT2D eigenvalue weighted by atomic mass is 32.1. The van der Waals surface area contributed by atoms with E-state index in [1.807, 2.05) is 7.11 Å². The van der Waals surface area contributed by atoms with Crippen LogP contribution in [0.25, 0.3) is 0 Å². The largest absolute Gasteiger partial charge is 0.384 e. The van der Waals surface area contributed by atoms with E-state index in [9.17, 15) is 0 Å². The van der Waals surface area contributed by atoms with Gasteiger partial charge in [-0.05, 0) is 57.0 Å². The van der Waals surface area contributed by atoms with Gasteiger partial charge in [-0.25, -0.2) is 4.98 Å². The highest BCUT2D eigenvalue weighted by molar-refractivity contribution is 7.09. The lowest BCUT2D eigenvalue weighted by Gasteiger charge is -2.44. The maximum atomic E-state index is 5.62. The molecule has 3 fully saturated rings. The molecule has 1 aromatic heterocycles. The lowest BCUT2D eigenvalue weighted by molar-refractivity contribution is 0.0281. The summed E-state index contributed by atoms with van der Waals surface area (Å²) in [5.41, 5.74) is 1.72. The number of aryl methyl sites for hydroxylation is 1. The standard InChI is InChI=1S/C20H33N3OS/c1-16-21-19(14-25-16)12-23-11-18(13-24-2)20(15-23)6-8-22(9-7-20)10-17-4-3-5-17/h14,17-18H,3-13,15H2,1-2H3/t18-/m1/s1. The number of ether oxygens (including phenoxy) is 1. The van der Waals surface area contributed by atoms with E-state index in [1.165, 1.54) is 75.5 Å². The summed E-state index contributed by atoms with van der Waals surface area (Å²) in [4.78, 5) is 10.1. The number of aromatic nitrogens is 1. The molecule has 0 N–H and O–H groups in total. The Morgan fingerprint density at radius 2 is 2.08 bits per heavy atom. The van der Waals surface area contributed by atoms with Crippen LogP contribution in [0.3, 0.4) is 0 Å². The molecule has 4 rings (SSSR count). The fourth-order valence-corrected chi connectivity index (χ4v) is 5.80. The quantitative estimate of drug-likeness (QED) is 0.774. The molecule has 3 aliphatic rings. The Balaban J connectivity index is 1.37. The molecule has 2 aliphatic heterocycles. The Bertz CT molecular complexity index is 563. The molecule has 5 heteroatoms. The van der Waals surface area contributed by atoms with Crippen molar-refractivity contribution in [3.63, 3.8) is 0 Å².